The van der Waals surface area contributed by atoms with Crippen LogP contribution in [0.15, 0.2) is 0 Å². The lowest BCUT2D eigenvalue weighted by atomic mass is 10.3. The van der Waals surface area contributed by atoms with E-state index in [1.54, 1.807) is 4.68 Å². The Bertz CT molecular complexity index is 254. The van der Waals surface area contributed by atoms with E-state index in [0.717, 1.165) is 17.1 Å². The normalized spacial score (nSPS) is 9.08. The van der Waals surface area contributed by atoms with E-state index in [1.807, 2.05) is 41.7 Å². The van der Waals surface area contributed by atoms with Crippen LogP contribution >= 0.6 is 0 Å². The molecule has 1 aromatic heterocycles. The first kappa shape index (κ1) is 12.0. The Labute approximate surface area is 80.7 Å². The highest BCUT2D eigenvalue weighted by molar-refractivity contribution is 5.28. The third kappa shape index (κ3) is 2.76. The van der Waals surface area contributed by atoms with E-state index in [0.29, 0.717) is 6.61 Å². The summed E-state index contributed by atoms with van der Waals surface area (Å²) in [5, 5.41) is 4.22. The number of ether oxygens (including phenoxy) is 1. The summed E-state index contributed by atoms with van der Waals surface area (Å²) in [6.45, 7) is 10.7. The smallest absolute Gasteiger partial charge is 0.214 e. The van der Waals surface area contributed by atoms with E-state index in [1.165, 1.54) is 0 Å². The molecule has 1 rings (SSSR count). The van der Waals surface area contributed by atoms with E-state index in [-0.39, 0.29) is 0 Å². The van der Waals surface area contributed by atoms with Gasteiger partial charge in [0.15, 0.2) is 0 Å². The Hall–Kier alpha value is -0.990. The first-order chi connectivity index (χ1) is 6.16. The van der Waals surface area contributed by atoms with Gasteiger partial charge in [-0.3, -0.25) is 0 Å². The fourth-order valence-corrected chi connectivity index (χ4v) is 1.08. The molecule has 0 bridgehead atoms. The molecule has 0 radical (unpaired) electrons. The highest BCUT2D eigenvalue weighted by Gasteiger charge is 2.08. The highest BCUT2D eigenvalue weighted by atomic mass is 16.5. The lowest BCUT2D eigenvalue weighted by molar-refractivity contribution is 0.307. The molecule has 0 amide bonds. The van der Waals surface area contributed by atoms with Gasteiger partial charge in [0.1, 0.15) is 0 Å². The number of aromatic nitrogens is 2. The van der Waals surface area contributed by atoms with Crippen LogP contribution in [0.5, 0.6) is 5.88 Å². The van der Waals surface area contributed by atoms with Gasteiger partial charge in [0.05, 0.1) is 12.3 Å². The fraction of sp³-hybridized carbons (Fsp3) is 0.700. The van der Waals surface area contributed by atoms with Crippen LogP contribution in [0, 0.1) is 13.8 Å². The quantitative estimate of drug-likeness (QED) is 0.706. The summed E-state index contributed by atoms with van der Waals surface area (Å²) in [5.74, 6) is 0.880. The molecule has 3 heteroatoms. The number of hydrogen-bond donors (Lipinski definition) is 0. The van der Waals surface area contributed by atoms with Gasteiger partial charge in [0.2, 0.25) is 5.88 Å². The number of nitrogens with zero attached hydrogens (tertiary/aromatic N) is 2. The predicted octanol–water partition coefficient (Wildman–Crippen LogP) is 2.46. The number of aryl methyl sites for hydroxylation is 2. The maximum atomic E-state index is 5.39. The molecular weight excluding hydrogens is 164 g/mol. The molecule has 76 valence electrons. The molecule has 0 aliphatic carbocycles. The van der Waals surface area contributed by atoms with Gasteiger partial charge in [0.25, 0.3) is 0 Å². The average Bonchev–Trinajstić information content (AvgIpc) is 2.36. The lowest BCUT2D eigenvalue weighted by Crippen LogP contribution is -1.99. The standard InChI is InChI=1S/C8H14N2O.C2H6/c1-5-11-8-6(2)7(3)9-10(8)4;1-2/h5H2,1-4H3;1-2H3. The minimum absolute atomic E-state index is 0.694. The highest BCUT2D eigenvalue weighted by Crippen LogP contribution is 2.18. The van der Waals surface area contributed by atoms with Crippen molar-refractivity contribution in [2.45, 2.75) is 34.6 Å². The van der Waals surface area contributed by atoms with Gasteiger partial charge in [-0.25, -0.2) is 4.68 Å². The molecule has 1 heterocycles. The zero-order chi connectivity index (χ0) is 10.4. The second kappa shape index (κ2) is 5.62. The van der Waals surface area contributed by atoms with Crippen LogP contribution in [-0.4, -0.2) is 16.4 Å². The Morgan fingerprint density at radius 1 is 1.31 bits per heavy atom. The van der Waals surface area contributed by atoms with Crippen LogP contribution in [0.1, 0.15) is 32.0 Å². The molecule has 0 saturated heterocycles. The summed E-state index contributed by atoms with van der Waals surface area (Å²) in [4.78, 5) is 0. The van der Waals surface area contributed by atoms with Crippen molar-refractivity contribution in [1.82, 2.24) is 9.78 Å². The molecule has 0 N–H and O–H groups in total. The minimum atomic E-state index is 0.694. The second-order valence-corrected chi connectivity index (χ2v) is 2.57. The minimum Gasteiger partial charge on any atom is -0.478 e. The van der Waals surface area contributed by atoms with Crippen LogP contribution in [0.3, 0.4) is 0 Å². The summed E-state index contributed by atoms with van der Waals surface area (Å²) >= 11 is 0. The van der Waals surface area contributed by atoms with Gasteiger partial charge in [-0.05, 0) is 20.8 Å². The molecular formula is C10H20N2O. The largest absolute Gasteiger partial charge is 0.478 e. The molecule has 13 heavy (non-hydrogen) atoms. The van der Waals surface area contributed by atoms with Crippen molar-refractivity contribution >= 4 is 0 Å². The van der Waals surface area contributed by atoms with Crippen molar-refractivity contribution in [2.75, 3.05) is 6.61 Å². The molecule has 0 aliphatic rings. The number of hydrogen-bond acceptors (Lipinski definition) is 2. The summed E-state index contributed by atoms with van der Waals surface area (Å²) in [6.07, 6.45) is 0. The molecule has 0 aliphatic heterocycles. The SMILES string of the molecule is CC.CCOc1c(C)c(C)nn1C. The maximum Gasteiger partial charge on any atom is 0.214 e. The van der Waals surface area contributed by atoms with Gasteiger partial charge in [0, 0.05) is 12.6 Å². The third-order valence-electron chi connectivity index (χ3n) is 1.74. The van der Waals surface area contributed by atoms with E-state index in [2.05, 4.69) is 5.10 Å². The van der Waals surface area contributed by atoms with E-state index >= 15 is 0 Å². The Morgan fingerprint density at radius 3 is 2.15 bits per heavy atom. The maximum absolute atomic E-state index is 5.39. The van der Waals surface area contributed by atoms with Crippen molar-refractivity contribution in [3.8, 4) is 5.88 Å². The summed E-state index contributed by atoms with van der Waals surface area (Å²) < 4.78 is 7.16. The monoisotopic (exact) mass is 184 g/mol. The average molecular weight is 184 g/mol. The van der Waals surface area contributed by atoms with Crippen molar-refractivity contribution < 1.29 is 4.74 Å². The molecule has 0 aromatic carbocycles. The molecule has 0 atom stereocenters. The second-order valence-electron chi connectivity index (χ2n) is 2.57. The molecule has 1 aromatic rings. The summed E-state index contributed by atoms with van der Waals surface area (Å²) in [5.41, 5.74) is 2.17. The predicted molar refractivity (Wildman–Crippen MR) is 55.2 cm³/mol. The van der Waals surface area contributed by atoms with Gasteiger partial charge >= 0.3 is 0 Å². The summed E-state index contributed by atoms with van der Waals surface area (Å²) in [7, 11) is 1.89. The van der Waals surface area contributed by atoms with Gasteiger partial charge < -0.3 is 4.74 Å². The molecule has 0 spiro atoms. The van der Waals surface area contributed by atoms with Crippen LogP contribution in [-0.2, 0) is 7.05 Å². The van der Waals surface area contributed by atoms with Gasteiger partial charge in [-0.2, -0.15) is 5.10 Å². The van der Waals surface area contributed by atoms with Crippen molar-refractivity contribution in [3.05, 3.63) is 11.3 Å². The third-order valence-corrected chi connectivity index (χ3v) is 1.74. The van der Waals surface area contributed by atoms with Crippen molar-refractivity contribution in [3.63, 3.8) is 0 Å². The fourth-order valence-electron chi connectivity index (χ4n) is 1.08. The molecule has 0 fully saturated rings. The summed E-state index contributed by atoms with van der Waals surface area (Å²) in [6, 6.07) is 0. The van der Waals surface area contributed by atoms with Gasteiger partial charge in [-0.1, -0.05) is 13.8 Å². The number of rotatable bonds is 2. The van der Waals surface area contributed by atoms with E-state index in [4.69, 9.17) is 4.74 Å². The Balaban J connectivity index is 0.000000671. The van der Waals surface area contributed by atoms with Crippen LogP contribution in [0.25, 0.3) is 0 Å². The topological polar surface area (TPSA) is 27.1 Å². The van der Waals surface area contributed by atoms with Crippen LogP contribution in [0.2, 0.25) is 0 Å². The first-order valence-electron chi connectivity index (χ1n) is 4.79. The molecule has 0 unspecified atom stereocenters. The van der Waals surface area contributed by atoms with Crippen LogP contribution < -0.4 is 4.74 Å². The van der Waals surface area contributed by atoms with Crippen molar-refractivity contribution in [1.29, 1.82) is 0 Å². The van der Waals surface area contributed by atoms with Gasteiger partial charge in [-0.15, -0.1) is 0 Å². The Kier molecular flexibility index (Phi) is 5.19. The molecule has 0 saturated carbocycles. The lowest BCUT2D eigenvalue weighted by Gasteiger charge is -2.02. The molecule has 3 nitrogen and oxygen atoms in total. The zero-order valence-electron chi connectivity index (χ0n) is 9.51. The van der Waals surface area contributed by atoms with Crippen LogP contribution in [0.4, 0.5) is 0 Å². The van der Waals surface area contributed by atoms with E-state index < -0.39 is 0 Å². The van der Waals surface area contributed by atoms with Crippen molar-refractivity contribution in [2.24, 2.45) is 7.05 Å². The Morgan fingerprint density at radius 2 is 1.85 bits per heavy atom. The first-order valence-corrected chi connectivity index (χ1v) is 4.79. The van der Waals surface area contributed by atoms with E-state index in [9.17, 15) is 0 Å². The zero-order valence-corrected chi connectivity index (χ0v) is 9.51.